The molecular weight excluding hydrogens is 200 g/mol. The normalized spacial score (nSPS) is 10.6. The summed E-state index contributed by atoms with van der Waals surface area (Å²) in [5.41, 5.74) is 1.79. The maximum absolute atomic E-state index is 11.8. The minimum Gasteiger partial charge on any atom is -0.361 e. The molecule has 3 heteroatoms. The van der Waals surface area contributed by atoms with Gasteiger partial charge in [0, 0.05) is 29.2 Å². The van der Waals surface area contributed by atoms with Crippen molar-refractivity contribution < 1.29 is 4.79 Å². The zero-order chi connectivity index (χ0) is 11.4. The molecule has 0 fully saturated rings. The number of fused-ring (bicyclic) bond motifs is 1. The highest BCUT2D eigenvalue weighted by Gasteiger charge is 2.05. The SMILES string of the molecule is CCCCNC(=O)c1ccc2[nH]ccc2c1. The second kappa shape index (κ2) is 4.84. The van der Waals surface area contributed by atoms with Crippen LogP contribution in [0, 0.1) is 0 Å². The molecule has 0 bridgehead atoms. The molecule has 3 nitrogen and oxygen atoms in total. The molecule has 2 rings (SSSR count). The first-order valence-corrected chi connectivity index (χ1v) is 5.66. The largest absolute Gasteiger partial charge is 0.361 e. The Bertz CT molecular complexity index is 487. The average Bonchev–Trinajstić information content (AvgIpc) is 2.76. The van der Waals surface area contributed by atoms with Gasteiger partial charge >= 0.3 is 0 Å². The van der Waals surface area contributed by atoms with Crippen molar-refractivity contribution in [2.24, 2.45) is 0 Å². The first-order chi connectivity index (χ1) is 7.81. The number of carbonyl (C=O) groups is 1. The molecule has 16 heavy (non-hydrogen) atoms. The summed E-state index contributed by atoms with van der Waals surface area (Å²) in [6.45, 7) is 2.86. The summed E-state index contributed by atoms with van der Waals surface area (Å²) in [5, 5.41) is 3.98. The standard InChI is InChI=1S/C13H16N2O/c1-2-3-7-15-13(16)11-4-5-12-10(9-11)6-8-14-12/h4-6,8-9,14H,2-3,7H2,1H3,(H,15,16). The number of H-pyrrole nitrogens is 1. The fourth-order valence-electron chi connectivity index (χ4n) is 1.68. The number of rotatable bonds is 4. The second-order valence-electron chi connectivity index (χ2n) is 3.89. The van der Waals surface area contributed by atoms with Crippen LogP contribution in [0.25, 0.3) is 10.9 Å². The molecule has 0 saturated heterocycles. The van der Waals surface area contributed by atoms with Crippen molar-refractivity contribution in [2.45, 2.75) is 19.8 Å². The Kier molecular flexibility index (Phi) is 3.25. The summed E-state index contributed by atoms with van der Waals surface area (Å²) in [6, 6.07) is 7.66. The van der Waals surface area contributed by atoms with Crippen molar-refractivity contribution in [1.82, 2.24) is 10.3 Å². The topological polar surface area (TPSA) is 44.9 Å². The van der Waals surface area contributed by atoms with Crippen LogP contribution in [0.4, 0.5) is 0 Å². The highest BCUT2D eigenvalue weighted by atomic mass is 16.1. The zero-order valence-corrected chi connectivity index (χ0v) is 9.42. The molecule has 0 saturated carbocycles. The smallest absolute Gasteiger partial charge is 0.251 e. The lowest BCUT2D eigenvalue weighted by Gasteiger charge is -2.04. The van der Waals surface area contributed by atoms with Gasteiger partial charge in [-0.3, -0.25) is 4.79 Å². The molecule has 0 unspecified atom stereocenters. The van der Waals surface area contributed by atoms with Crippen LogP contribution in [0.1, 0.15) is 30.1 Å². The van der Waals surface area contributed by atoms with Gasteiger partial charge in [0.25, 0.3) is 5.91 Å². The number of hydrogen-bond donors (Lipinski definition) is 2. The van der Waals surface area contributed by atoms with Crippen LogP contribution in [0.3, 0.4) is 0 Å². The molecule has 2 aromatic rings. The Morgan fingerprint density at radius 3 is 3.06 bits per heavy atom. The number of aromatic amines is 1. The third-order valence-corrected chi connectivity index (χ3v) is 2.63. The van der Waals surface area contributed by atoms with E-state index in [1.54, 1.807) is 0 Å². The van der Waals surface area contributed by atoms with Gasteiger partial charge in [0.05, 0.1) is 0 Å². The monoisotopic (exact) mass is 216 g/mol. The summed E-state index contributed by atoms with van der Waals surface area (Å²) < 4.78 is 0. The van der Waals surface area contributed by atoms with Crippen molar-refractivity contribution in [3.63, 3.8) is 0 Å². The summed E-state index contributed by atoms with van der Waals surface area (Å²) in [6.07, 6.45) is 4.00. The van der Waals surface area contributed by atoms with Gasteiger partial charge in [-0.2, -0.15) is 0 Å². The van der Waals surface area contributed by atoms with Gasteiger partial charge in [0.15, 0.2) is 0 Å². The van der Waals surface area contributed by atoms with Crippen LogP contribution in [0.2, 0.25) is 0 Å². The minimum atomic E-state index is 0.0107. The molecule has 0 spiro atoms. The highest BCUT2D eigenvalue weighted by Crippen LogP contribution is 2.14. The van der Waals surface area contributed by atoms with Crippen LogP contribution in [-0.2, 0) is 0 Å². The van der Waals surface area contributed by atoms with Crippen molar-refractivity contribution in [2.75, 3.05) is 6.54 Å². The van der Waals surface area contributed by atoms with Crippen LogP contribution in [-0.4, -0.2) is 17.4 Å². The Labute approximate surface area is 94.9 Å². The maximum atomic E-state index is 11.8. The Hall–Kier alpha value is -1.77. The predicted molar refractivity (Wildman–Crippen MR) is 65.5 cm³/mol. The molecular formula is C13H16N2O. The van der Waals surface area contributed by atoms with Crippen molar-refractivity contribution in [1.29, 1.82) is 0 Å². The van der Waals surface area contributed by atoms with Crippen LogP contribution in [0.15, 0.2) is 30.5 Å². The van der Waals surface area contributed by atoms with E-state index >= 15 is 0 Å². The summed E-state index contributed by atoms with van der Waals surface area (Å²) in [7, 11) is 0. The number of nitrogens with one attached hydrogen (secondary N) is 2. The molecule has 1 heterocycles. The van der Waals surface area contributed by atoms with E-state index in [0.717, 1.165) is 35.9 Å². The van der Waals surface area contributed by atoms with Crippen molar-refractivity contribution >= 4 is 16.8 Å². The third-order valence-electron chi connectivity index (χ3n) is 2.63. The van der Waals surface area contributed by atoms with Gasteiger partial charge in [-0.05, 0) is 30.7 Å². The number of carbonyl (C=O) groups excluding carboxylic acids is 1. The second-order valence-corrected chi connectivity index (χ2v) is 3.89. The minimum absolute atomic E-state index is 0.0107. The molecule has 1 amide bonds. The van der Waals surface area contributed by atoms with Gasteiger partial charge in [-0.1, -0.05) is 13.3 Å². The number of unbranched alkanes of at least 4 members (excludes halogenated alkanes) is 1. The van der Waals surface area contributed by atoms with Gasteiger partial charge < -0.3 is 10.3 Å². The molecule has 1 aromatic heterocycles. The highest BCUT2D eigenvalue weighted by molar-refractivity contribution is 5.98. The van der Waals surface area contributed by atoms with Gasteiger partial charge in [0.1, 0.15) is 0 Å². The van der Waals surface area contributed by atoms with E-state index in [2.05, 4.69) is 17.2 Å². The van der Waals surface area contributed by atoms with Gasteiger partial charge in [-0.25, -0.2) is 0 Å². The maximum Gasteiger partial charge on any atom is 0.251 e. The van der Waals surface area contributed by atoms with E-state index in [9.17, 15) is 4.79 Å². The average molecular weight is 216 g/mol. The number of amides is 1. The predicted octanol–water partition coefficient (Wildman–Crippen LogP) is 2.70. The van der Waals surface area contributed by atoms with Gasteiger partial charge in [-0.15, -0.1) is 0 Å². The van der Waals surface area contributed by atoms with E-state index in [1.807, 2.05) is 30.5 Å². The summed E-state index contributed by atoms with van der Waals surface area (Å²) >= 11 is 0. The van der Waals surface area contributed by atoms with E-state index in [4.69, 9.17) is 0 Å². The molecule has 1 aromatic carbocycles. The summed E-state index contributed by atoms with van der Waals surface area (Å²) in [5.74, 6) is 0.0107. The Morgan fingerprint density at radius 1 is 1.38 bits per heavy atom. The van der Waals surface area contributed by atoms with Crippen molar-refractivity contribution in [3.05, 3.63) is 36.0 Å². The third kappa shape index (κ3) is 2.24. The number of aromatic nitrogens is 1. The molecule has 84 valence electrons. The summed E-state index contributed by atoms with van der Waals surface area (Å²) in [4.78, 5) is 14.9. The Morgan fingerprint density at radius 2 is 2.25 bits per heavy atom. The van der Waals surface area contributed by atoms with E-state index in [-0.39, 0.29) is 5.91 Å². The number of hydrogen-bond acceptors (Lipinski definition) is 1. The lowest BCUT2D eigenvalue weighted by Crippen LogP contribution is -2.24. The fourth-order valence-corrected chi connectivity index (χ4v) is 1.68. The first-order valence-electron chi connectivity index (χ1n) is 5.66. The quantitative estimate of drug-likeness (QED) is 0.758. The van der Waals surface area contributed by atoms with E-state index in [0.29, 0.717) is 0 Å². The van der Waals surface area contributed by atoms with Crippen LogP contribution >= 0.6 is 0 Å². The van der Waals surface area contributed by atoms with Crippen LogP contribution in [0.5, 0.6) is 0 Å². The lowest BCUT2D eigenvalue weighted by molar-refractivity contribution is 0.0953. The molecule has 0 radical (unpaired) electrons. The fraction of sp³-hybridized carbons (Fsp3) is 0.308. The van der Waals surface area contributed by atoms with E-state index < -0.39 is 0 Å². The van der Waals surface area contributed by atoms with Crippen molar-refractivity contribution in [3.8, 4) is 0 Å². The molecule has 0 aliphatic rings. The Balaban J connectivity index is 2.10. The van der Waals surface area contributed by atoms with Crippen LogP contribution < -0.4 is 5.32 Å². The lowest BCUT2D eigenvalue weighted by atomic mass is 10.1. The molecule has 0 aliphatic heterocycles. The molecule has 2 N–H and O–H groups in total. The van der Waals surface area contributed by atoms with E-state index in [1.165, 1.54) is 0 Å². The zero-order valence-electron chi connectivity index (χ0n) is 9.42. The molecule has 0 aliphatic carbocycles. The molecule has 0 atom stereocenters. The van der Waals surface area contributed by atoms with Gasteiger partial charge in [0.2, 0.25) is 0 Å². The first kappa shape index (κ1) is 10.7. The number of benzene rings is 1.